The van der Waals surface area contributed by atoms with E-state index >= 15 is 0 Å². The SMILES string of the molecule is CCOC(=O)c1ccc(NC(=S)NCc2ccccc2Cl)cc1Cl. The number of ether oxygens (including phenoxy) is 1. The smallest absolute Gasteiger partial charge is 0.339 e. The standard InChI is InChI=1S/C17H16Cl2N2O2S/c1-2-23-16(22)13-8-7-12(9-15(13)19)21-17(24)20-10-11-5-3-4-6-14(11)18/h3-9H,2,10H2,1H3,(H2,20,21,24). The Hall–Kier alpha value is -1.82. The highest BCUT2D eigenvalue weighted by Crippen LogP contribution is 2.22. The molecule has 0 fully saturated rings. The molecule has 0 saturated heterocycles. The van der Waals surface area contributed by atoms with Crippen LogP contribution in [0, 0.1) is 0 Å². The normalized spacial score (nSPS) is 10.1. The predicted octanol–water partition coefficient (Wildman–Crippen LogP) is 4.66. The number of carbonyl (C=O) groups excluding carboxylic acids is 1. The molecule has 0 aliphatic rings. The molecular weight excluding hydrogens is 367 g/mol. The van der Waals surface area contributed by atoms with Crippen molar-refractivity contribution >= 4 is 52.2 Å². The molecule has 0 heterocycles. The van der Waals surface area contributed by atoms with Gasteiger partial charge < -0.3 is 15.4 Å². The Morgan fingerprint density at radius 2 is 1.92 bits per heavy atom. The van der Waals surface area contributed by atoms with E-state index in [1.807, 2.05) is 24.3 Å². The number of thiocarbonyl (C=S) groups is 1. The number of anilines is 1. The maximum Gasteiger partial charge on any atom is 0.339 e. The van der Waals surface area contributed by atoms with Crippen LogP contribution in [0.4, 0.5) is 5.69 Å². The maximum atomic E-state index is 11.7. The van der Waals surface area contributed by atoms with Crippen LogP contribution in [-0.4, -0.2) is 17.7 Å². The highest BCUT2D eigenvalue weighted by Gasteiger charge is 2.12. The first kappa shape index (κ1) is 18.5. The van der Waals surface area contributed by atoms with Crippen molar-refractivity contribution in [3.63, 3.8) is 0 Å². The van der Waals surface area contributed by atoms with Gasteiger partial charge in [0.15, 0.2) is 5.11 Å². The topological polar surface area (TPSA) is 50.4 Å². The molecule has 0 bridgehead atoms. The van der Waals surface area contributed by atoms with Gasteiger partial charge in [-0.25, -0.2) is 4.79 Å². The molecule has 0 amide bonds. The first-order valence-corrected chi connectivity index (χ1v) is 8.42. The number of carbonyl (C=O) groups is 1. The summed E-state index contributed by atoms with van der Waals surface area (Å²) in [5.41, 5.74) is 1.93. The van der Waals surface area contributed by atoms with E-state index in [1.165, 1.54) is 0 Å². The Morgan fingerprint density at radius 3 is 2.58 bits per heavy atom. The lowest BCUT2D eigenvalue weighted by atomic mass is 10.2. The van der Waals surface area contributed by atoms with Crippen molar-refractivity contribution in [1.82, 2.24) is 5.32 Å². The van der Waals surface area contributed by atoms with E-state index in [-0.39, 0.29) is 0 Å². The molecule has 0 spiro atoms. The molecule has 0 aliphatic carbocycles. The molecule has 2 N–H and O–H groups in total. The van der Waals surface area contributed by atoms with Crippen molar-refractivity contribution in [3.8, 4) is 0 Å². The van der Waals surface area contributed by atoms with Gasteiger partial charge in [-0.1, -0.05) is 41.4 Å². The molecule has 24 heavy (non-hydrogen) atoms. The molecule has 2 aromatic carbocycles. The average molecular weight is 383 g/mol. The molecule has 126 valence electrons. The Labute approximate surface area is 156 Å². The van der Waals surface area contributed by atoms with E-state index < -0.39 is 5.97 Å². The van der Waals surface area contributed by atoms with Gasteiger partial charge >= 0.3 is 5.97 Å². The second kappa shape index (κ2) is 8.87. The van der Waals surface area contributed by atoms with Gasteiger partial charge in [0, 0.05) is 17.3 Å². The quantitative estimate of drug-likeness (QED) is 0.581. The molecule has 0 unspecified atom stereocenters. The predicted molar refractivity (Wildman–Crippen MR) is 102 cm³/mol. The largest absolute Gasteiger partial charge is 0.462 e. The maximum absolute atomic E-state index is 11.7. The van der Waals surface area contributed by atoms with Crippen molar-refractivity contribution in [1.29, 1.82) is 0 Å². The Morgan fingerprint density at radius 1 is 1.17 bits per heavy atom. The Bertz CT molecular complexity index is 753. The van der Waals surface area contributed by atoms with E-state index in [9.17, 15) is 4.79 Å². The molecule has 2 rings (SSSR count). The van der Waals surface area contributed by atoms with Crippen molar-refractivity contribution in [2.75, 3.05) is 11.9 Å². The number of hydrogen-bond donors (Lipinski definition) is 2. The summed E-state index contributed by atoms with van der Waals surface area (Å²) >= 11 is 17.5. The van der Waals surface area contributed by atoms with Gasteiger partial charge in [-0.15, -0.1) is 0 Å². The van der Waals surface area contributed by atoms with E-state index in [2.05, 4.69) is 10.6 Å². The lowest BCUT2D eigenvalue weighted by molar-refractivity contribution is 0.0526. The lowest BCUT2D eigenvalue weighted by Crippen LogP contribution is -2.28. The fraction of sp³-hybridized carbons (Fsp3) is 0.176. The fourth-order valence-corrected chi connectivity index (χ4v) is 2.61. The second-order valence-electron chi connectivity index (χ2n) is 4.81. The van der Waals surface area contributed by atoms with E-state index in [4.69, 9.17) is 40.2 Å². The van der Waals surface area contributed by atoms with Gasteiger partial charge in [0.05, 0.1) is 17.2 Å². The molecule has 2 aromatic rings. The van der Waals surface area contributed by atoms with Crippen LogP contribution in [0.15, 0.2) is 42.5 Å². The summed E-state index contributed by atoms with van der Waals surface area (Å²) in [5, 5.41) is 7.48. The molecule has 0 aromatic heterocycles. The van der Waals surface area contributed by atoms with Crippen LogP contribution in [0.2, 0.25) is 10.0 Å². The molecule has 0 atom stereocenters. The van der Waals surface area contributed by atoms with Crippen molar-refractivity contribution in [2.24, 2.45) is 0 Å². The minimum absolute atomic E-state index is 0.297. The number of nitrogens with one attached hydrogen (secondary N) is 2. The Balaban J connectivity index is 1.96. The highest BCUT2D eigenvalue weighted by atomic mass is 35.5. The lowest BCUT2D eigenvalue weighted by Gasteiger charge is -2.12. The van der Waals surface area contributed by atoms with Crippen LogP contribution in [-0.2, 0) is 11.3 Å². The van der Waals surface area contributed by atoms with Gasteiger partial charge in [0.1, 0.15) is 0 Å². The van der Waals surface area contributed by atoms with Crippen molar-refractivity contribution in [2.45, 2.75) is 13.5 Å². The first-order chi connectivity index (χ1) is 11.5. The van der Waals surface area contributed by atoms with Crippen LogP contribution in [0.5, 0.6) is 0 Å². The van der Waals surface area contributed by atoms with Crippen LogP contribution >= 0.6 is 35.4 Å². The summed E-state index contributed by atoms with van der Waals surface area (Å²) in [4.78, 5) is 11.7. The summed E-state index contributed by atoms with van der Waals surface area (Å²) in [6, 6.07) is 12.5. The Kier molecular flexibility index (Phi) is 6.85. The fourth-order valence-electron chi connectivity index (χ4n) is 1.96. The summed E-state index contributed by atoms with van der Waals surface area (Å²) in [6.07, 6.45) is 0. The molecule has 0 saturated carbocycles. The first-order valence-electron chi connectivity index (χ1n) is 7.26. The zero-order valence-electron chi connectivity index (χ0n) is 12.9. The van der Waals surface area contributed by atoms with Crippen LogP contribution in [0.25, 0.3) is 0 Å². The third-order valence-corrected chi connectivity index (χ3v) is 4.05. The zero-order valence-corrected chi connectivity index (χ0v) is 15.3. The molecular formula is C17H16Cl2N2O2S. The van der Waals surface area contributed by atoms with Gasteiger partial charge in [-0.3, -0.25) is 0 Å². The third-order valence-electron chi connectivity index (χ3n) is 3.12. The van der Waals surface area contributed by atoms with Crippen molar-refractivity contribution in [3.05, 3.63) is 63.6 Å². The molecule has 0 aliphatic heterocycles. The van der Waals surface area contributed by atoms with Gasteiger partial charge in [-0.05, 0) is 49.0 Å². The van der Waals surface area contributed by atoms with Crippen LogP contribution in [0.1, 0.15) is 22.8 Å². The zero-order chi connectivity index (χ0) is 17.5. The monoisotopic (exact) mass is 382 g/mol. The minimum Gasteiger partial charge on any atom is -0.462 e. The highest BCUT2D eigenvalue weighted by molar-refractivity contribution is 7.80. The number of esters is 1. The molecule has 0 radical (unpaired) electrons. The van der Waals surface area contributed by atoms with Gasteiger partial charge in [0.25, 0.3) is 0 Å². The number of benzene rings is 2. The summed E-state index contributed by atoms with van der Waals surface area (Å²) in [6.45, 7) is 2.54. The van der Waals surface area contributed by atoms with Crippen LogP contribution < -0.4 is 10.6 Å². The van der Waals surface area contributed by atoms with Gasteiger partial charge in [0.2, 0.25) is 0 Å². The average Bonchev–Trinajstić information content (AvgIpc) is 2.54. The summed E-state index contributed by atoms with van der Waals surface area (Å²) < 4.78 is 4.93. The van der Waals surface area contributed by atoms with Crippen molar-refractivity contribution < 1.29 is 9.53 Å². The van der Waals surface area contributed by atoms with E-state index in [0.717, 1.165) is 5.56 Å². The number of hydrogen-bond acceptors (Lipinski definition) is 3. The molecule has 4 nitrogen and oxygen atoms in total. The van der Waals surface area contributed by atoms with E-state index in [1.54, 1.807) is 25.1 Å². The summed E-state index contributed by atoms with van der Waals surface area (Å²) in [7, 11) is 0. The van der Waals surface area contributed by atoms with Gasteiger partial charge in [-0.2, -0.15) is 0 Å². The van der Waals surface area contributed by atoms with E-state index in [0.29, 0.717) is 39.6 Å². The molecule has 7 heteroatoms. The number of rotatable bonds is 5. The van der Waals surface area contributed by atoms with Crippen LogP contribution in [0.3, 0.4) is 0 Å². The third kappa shape index (κ3) is 5.09. The minimum atomic E-state index is -0.450. The number of halogens is 2. The second-order valence-corrected chi connectivity index (χ2v) is 6.04. The summed E-state index contributed by atoms with van der Waals surface area (Å²) in [5.74, 6) is -0.450.